The summed E-state index contributed by atoms with van der Waals surface area (Å²) in [4.78, 5) is 29.9. The van der Waals surface area contributed by atoms with E-state index in [9.17, 15) is 9.59 Å². The summed E-state index contributed by atoms with van der Waals surface area (Å²) in [5, 5.41) is 0.545. The molecule has 30 heavy (non-hydrogen) atoms. The number of carbonyl (C=O) groups is 2. The molecule has 1 saturated heterocycles. The number of hydrogen-bond donors (Lipinski definition) is 0. The molecule has 0 N–H and O–H groups in total. The molecule has 0 amide bonds. The maximum Gasteiger partial charge on any atom is 0.374 e. The maximum atomic E-state index is 12.2. The van der Waals surface area contributed by atoms with Gasteiger partial charge < -0.3 is 9.64 Å². The van der Waals surface area contributed by atoms with Gasteiger partial charge in [-0.3, -0.25) is 9.36 Å². The highest BCUT2D eigenvalue weighted by atomic mass is 35.5. The van der Waals surface area contributed by atoms with Crippen LogP contribution in [0, 0.1) is 0 Å². The monoisotopic (exact) mass is 427 g/mol. The number of fused-ring (bicyclic) bond motifs is 1. The Morgan fingerprint density at radius 2 is 1.93 bits per heavy atom. The average molecular weight is 428 g/mol. The fourth-order valence-corrected chi connectivity index (χ4v) is 3.62. The summed E-state index contributed by atoms with van der Waals surface area (Å²) in [6, 6.07) is 12.1. The number of aldehydes is 1. The molecule has 4 rings (SSSR count). The summed E-state index contributed by atoms with van der Waals surface area (Å²) in [6.07, 6.45) is 5.01. The summed E-state index contributed by atoms with van der Waals surface area (Å²) in [5.41, 5.74) is 2.42. The van der Waals surface area contributed by atoms with Crippen molar-refractivity contribution in [2.45, 2.75) is 26.2 Å². The molecule has 158 valence electrons. The molecule has 7 heteroatoms. The van der Waals surface area contributed by atoms with Crippen molar-refractivity contribution in [2.24, 2.45) is 0 Å². The van der Waals surface area contributed by atoms with Gasteiger partial charge in [0.15, 0.2) is 0 Å². The molecule has 0 unspecified atom stereocenters. The minimum absolute atomic E-state index is 0.146. The van der Waals surface area contributed by atoms with E-state index in [0.29, 0.717) is 27.3 Å². The highest BCUT2D eigenvalue weighted by Crippen LogP contribution is 2.24. The lowest BCUT2D eigenvalue weighted by molar-refractivity contribution is 0.0510. The molecule has 0 saturated carbocycles. The number of imidazole rings is 1. The number of aromatic nitrogens is 2. The zero-order valence-corrected chi connectivity index (χ0v) is 18.1. The van der Waals surface area contributed by atoms with Crippen LogP contribution in [0.3, 0.4) is 0 Å². The number of likely N-dealkylation sites (tertiary alicyclic amines) is 1. The predicted molar refractivity (Wildman–Crippen MR) is 119 cm³/mol. The van der Waals surface area contributed by atoms with Gasteiger partial charge in [-0.25, -0.2) is 9.78 Å². The van der Waals surface area contributed by atoms with E-state index in [-0.39, 0.29) is 12.4 Å². The standard InChI is InChI=1S/C17H13ClN2O3.C6H13N/c1-2-23-17(22)16-19-14-8-11(10-21)6-7-15(14)20(16)13-5-3-4-12(18)9-13;1-7-5-3-2-4-6-7/h3-10H,2H2,1H3;2-6H2,1H3. The topological polar surface area (TPSA) is 64.4 Å². The first-order chi connectivity index (χ1) is 14.5. The first-order valence-electron chi connectivity index (χ1n) is 10.1. The lowest BCUT2D eigenvalue weighted by Crippen LogP contribution is -2.24. The summed E-state index contributed by atoms with van der Waals surface area (Å²) >= 11 is 6.06. The van der Waals surface area contributed by atoms with Crippen molar-refractivity contribution in [3.63, 3.8) is 0 Å². The lowest BCUT2D eigenvalue weighted by Gasteiger charge is -2.20. The second-order valence-electron chi connectivity index (χ2n) is 7.20. The zero-order chi connectivity index (χ0) is 21.5. The van der Waals surface area contributed by atoms with Crippen LogP contribution >= 0.6 is 11.6 Å². The SMILES string of the molecule is CCOC(=O)c1nc2cc(C=O)ccc2n1-c1cccc(Cl)c1.CN1CCCCC1. The molecule has 2 heterocycles. The number of halogens is 1. The second kappa shape index (κ2) is 10.4. The smallest absolute Gasteiger partial charge is 0.374 e. The molecule has 0 spiro atoms. The third-order valence-electron chi connectivity index (χ3n) is 4.92. The zero-order valence-electron chi connectivity index (χ0n) is 17.3. The van der Waals surface area contributed by atoms with E-state index in [0.717, 1.165) is 6.29 Å². The molecule has 3 aromatic rings. The first-order valence-corrected chi connectivity index (χ1v) is 10.5. The second-order valence-corrected chi connectivity index (χ2v) is 7.64. The quantitative estimate of drug-likeness (QED) is 0.443. The maximum absolute atomic E-state index is 12.2. The highest BCUT2D eigenvalue weighted by Gasteiger charge is 2.20. The summed E-state index contributed by atoms with van der Waals surface area (Å²) in [5.74, 6) is -0.386. The number of nitrogens with zero attached hydrogens (tertiary/aromatic N) is 3. The number of piperidine rings is 1. The summed E-state index contributed by atoms with van der Waals surface area (Å²) in [7, 11) is 2.19. The minimum Gasteiger partial charge on any atom is -0.460 e. The van der Waals surface area contributed by atoms with Crippen molar-refractivity contribution in [2.75, 3.05) is 26.7 Å². The Balaban J connectivity index is 0.000000310. The average Bonchev–Trinajstić information content (AvgIpc) is 3.14. The lowest BCUT2D eigenvalue weighted by atomic mass is 10.1. The van der Waals surface area contributed by atoms with Crippen LogP contribution in [0.1, 0.15) is 47.2 Å². The van der Waals surface area contributed by atoms with Gasteiger partial charge in [0.05, 0.1) is 17.6 Å². The Hall–Kier alpha value is -2.70. The van der Waals surface area contributed by atoms with Crippen LogP contribution < -0.4 is 0 Å². The Kier molecular flexibility index (Phi) is 7.60. The number of rotatable bonds is 4. The van der Waals surface area contributed by atoms with E-state index in [2.05, 4.69) is 16.9 Å². The van der Waals surface area contributed by atoms with Crippen LogP contribution in [0.25, 0.3) is 16.7 Å². The summed E-state index contributed by atoms with van der Waals surface area (Å²) < 4.78 is 6.76. The van der Waals surface area contributed by atoms with Crippen molar-refractivity contribution in [1.82, 2.24) is 14.5 Å². The van der Waals surface area contributed by atoms with Crippen molar-refractivity contribution in [1.29, 1.82) is 0 Å². The van der Waals surface area contributed by atoms with Gasteiger partial charge in [0.2, 0.25) is 5.82 Å². The third kappa shape index (κ3) is 5.26. The Morgan fingerprint density at radius 3 is 2.53 bits per heavy atom. The van der Waals surface area contributed by atoms with Gasteiger partial charge in [0, 0.05) is 16.3 Å². The predicted octanol–water partition coefficient (Wildman–Crippen LogP) is 4.77. The van der Waals surface area contributed by atoms with E-state index < -0.39 is 5.97 Å². The van der Waals surface area contributed by atoms with Crippen molar-refractivity contribution < 1.29 is 14.3 Å². The van der Waals surface area contributed by atoms with Crippen molar-refractivity contribution >= 4 is 34.9 Å². The van der Waals surface area contributed by atoms with E-state index in [1.165, 1.54) is 32.4 Å². The van der Waals surface area contributed by atoms with E-state index in [4.69, 9.17) is 16.3 Å². The van der Waals surface area contributed by atoms with Crippen LogP contribution in [-0.2, 0) is 4.74 Å². The highest BCUT2D eigenvalue weighted by molar-refractivity contribution is 6.30. The molecule has 1 aromatic heterocycles. The molecule has 1 aliphatic heterocycles. The number of hydrogen-bond acceptors (Lipinski definition) is 5. The normalized spacial score (nSPS) is 14.1. The molecule has 6 nitrogen and oxygen atoms in total. The molecule has 0 aliphatic carbocycles. The van der Waals surface area contributed by atoms with Crippen LogP contribution in [0.15, 0.2) is 42.5 Å². The minimum atomic E-state index is -0.531. The molecular formula is C23H26ClN3O3. The largest absolute Gasteiger partial charge is 0.460 e. The Labute approximate surface area is 181 Å². The van der Waals surface area contributed by atoms with Gasteiger partial charge in [0.25, 0.3) is 0 Å². The molecule has 1 fully saturated rings. The molecular weight excluding hydrogens is 402 g/mol. The summed E-state index contributed by atoms with van der Waals surface area (Å²) in [6.45, 7) is 4.62. The fraction of sp³-hybridized carbons (Fsp3) is 0.348. The van der Waals surface area contributed by atoms with Crippen LogP contribution in [-0.4, -0.2) is 53.5 Å². The number of benzene rings is 2. The van der Waals surface area contributed by atoms with Gasteiger partial charge in [-0.05, 0) is 76.3 Å². The van der Waals surface area contributed by atoms with Crippen molar-refractivity contribution in [3.05, 3.63) is 58.9 Å². The van der Waals surface area contributed by atoms with Gasteiger partial charge >= 0.3 is 5.97 Å². The molecule has 0 bridgehead atoms. The van der Waals surface area contributed by atoms with Crippen LogP contribution in [0.2, 0.25) is 5.02 Å². The van der Waals surface area contributed by atoms with Gasteiger partial charge in [-0.15, -0.1) is 0 Å². The molecule has 1 aliphatic rings. The molecule has 2 aromatic carbocycles. The first kappa shape index (κ1) is 22.0. The van der Waals surface area contributed by atoms with Crippen LogP contribution in [0.4, 0.5) is 0 Å². The van der Waals surface area contributed by atoms with E-state index in [1.807, 2.05) is 6.07 Å². The van der Waals surface area contributed by atoms with Gasteiger partial charge in [-0.2, -0.15) is 0 Å². The van der Waals surface area contributed by atoms with Crippen LogP contribution in [0.5, 0.6) is 0 Å². The Morgan fingerprint density at radius 1 is 1.17 bits per heavy atom. The van der Waals surface area contributed by atoms with E-state index >= 15 is 0 Å². The third-order valence-corrected chi connectivity index (χ3v) is 5.15. The number of esters is 1. The number of carbonyl (C=O) groups excluding carboxylic acids is 2. The van der Waals surface area contributed by atoms with Crippen molar-refractivity contribution in [3.8, 4) is 5.69 Å². The van der Waals surface area contributed by atoms with Gasteiger partial charge in [0.1, 0.15) is 6.29 Å². The Bertz CT molecular complexity index is 1030. The van der Waals surface area contributed by atoms with Gasteiger partial charge in [-0.1, -0.05) is 24.1 Å². The van der Waals surface area contributed by atoms with E-state index in [1.54, 1.807) is 47.9 Å². The molecule has 0 atom stereocenters. The molecule has 0 radical (unpaired) electrons. The number of ether oxygens (including phenoxy) is 1. The fourth-order valence-electron chi connectivity index (χ4n) is 3.43.